The van der Waals surface area contributed by atoms with Crippen molar-refractivity contribution in [2.24, 2.45) is 0 Å². The minimum atomic E-state index is -0.862. The molecule has 0 aromatic heterocycles. The molecule has 2 rings (SSSR count). The third-order valence-electron chi connectivity index (χ3n) is 2.96. The number of ether oxygens (including phenoxy) is 2. The van der Waals surface area contributed by atoms with E-state index >= 15 is 0 Å². The summed E-state index contributed by atoms with van der Waals surface area (Å²) in [6.45, 7) is 2.66. The molecule has 0 saturated carbocycles. The quantitative estimate of drug-likeness (QED) is 0.718. The number of allylic oxidation sites excluding steroid dienone is 1. The second-order valence-corrected chi connectivity index (χ2v) is 4.23. The van der Waals surface area contributed by atoms with Gasteiger partial charge >= 0.3 is 5.97 Å². The Kier molecular flexibility index (Phi) is 2.80. The third kappa shape index (κ3) is 2.21. The summed E-state index contributed by atoms with van der Waals surface area (Å²) in [5.74, 6) is -1.53. The standard InChI is InChI=1S/C11H16O4/c1-8-4-6-14-11(15-8)5-2-3-9(7-11)10(12)13/h3,8H,2,4-7H2,1H3,(H,12,13). The maximum Gasteiger partial charge on any atom is 0.331 e. The SMILES string of the molecule is CC1CCOC2(CCC=C(C(=O)O)C2)O1. The second kappa shape index (κ2) is 3.94. The van der Waals surface area contributed by atoms with Crippen molar-refractivity contribution in [2.45, 2.75) is 44.5 Å². The molecular weight excluding hydrogens is 196 g/mol. The van der Waals surface area contributed by atoms with E-state index in [4.69, 9.17) is 14.6 Å². The van der Waals surface area contributed by atoms with Gasteiger partial charge in [0.15, 0.2) is 5.79 Å². The van der Waals surface area contributed by atoms with E-state index in [9.17, 15) is 4.79 Å². The van der Waals surface area contributed by atoms with Crippen LogP contribution in [0.25, 0.3) is 0 Å². The van der Waals surface area contributed by atoms with Gasteiger partial charge in [-0.05, 0) is 19.8 Å². The minimum absolute atomic E-state index is 0.159. The number of hydrogen-bond acceptors (Lipinski definition) is 3. The Morgan fingerprint density at radius 2 is 2.47 bits per heavy atom. The highest BCUT2D eigenvalue weighted by Crippen LogP contribution is 2.36. The summed E-state index contributed by atoms with van der Waals surface area (Å²) in [6.07, 6.45) is 4.65. The fraction of sp³-hybridized carbons (Fsp3) is 0.727. The number of carboxylic acid groups (broad SMARTS) is 1. The van der Waals surface area contributed by atoms with E-state index < -0.39 is 11.8 Å². The first kappa shape index (κ1) is 10.6. The fourth-order valence-electron chi connectivity index (χ4n) is 2.17. The lowest BCUT2D eigenvalue weighted by Gasteiger charge is -2.42. The zero-order valence-corrected chi connectivity index (χ0v) is 8.86. The van der Waals surface area contributed by atoms with E-state index in [1.165, 1.54) is 0 Å². The Bertz CT molecular complexity index is 297. The molecule has 1 spiro atoms. The van der Waals surface area contributed by atoms with Crippen molar-refractivity contribution in [2.75, 3.05) is 6.61 Å². The summed E-state index contributed by atoms with van der Waals surface area (Å²) < 4.78 is 11.4. The monoisotopic (exact) mass is 212 g/mol. The van der Waals surface area contributed by atoms with Crippen molar-refractivity contribution in [3.05, 3.63) is 11.6 Å². The first-order chi connectivity index (χ1) is 7.11. The molecule has 0 aromatic rings. The molecule has 0 aromatic carbocycles. The van der Waals surface area contributed by atoms with E-state index in [-0.39, 0.29) is 6.10 Å². The molecule has 84 valence electrons. The number of carboxylic acids is 1. The van der Waals surface area contributed by atoms with Crippen LogP contribution in [0, 0.1) is 0 Å². The van der Waals surface area contributed by atoms with Crippen LogP contribution < -0.4 is 0 Å². The van der Waals surface area contributed by atoms with Crippen molar-refractivity contribution in [1.82, 2.24) is 0 Å². The molecule has 2 aliphatic rings. The summed E-state index contributed by atoms with van der Waals surface area (Å²) in [5, 5.41) is 8.94. The highest BCUT2D eigenvalue weighted by atomic mass is 16.7. The molecule has 1 aliphatic heterocycles. The van der Waals surface area contributed by atoms with Gasteiger partial charge in [0.05, 0.1) is 12.7 Å². The average Bonchev–Trinajstić information content (AvgIpc) is 2.17. The van der Waals surface area contributed by atoms with Crippen LogP contribution >= 0.6 is 0 Å². The van der Waals surface area contributed by atoms with Crippen LogP contribution in [0.2, 0.25) is 0 Å². The van der Waals surface area contributed by atoms with Gasteiger partial charge in [0.1, 0.15) is 0 Å². The van der Waals surface area contributed by atoms with E-state index in [2.05, 4.69) is 0 Å². The summed E-state index contributed by atoms with van der Waals surface area (Å²) in [6, 6.07) is 0. The molecule has 1 aliphatic carbocycles. The molecule has 1 saturated heterocycles. The lowest BCUT2D eigenvalue weighted by molar-refractivity contribution is -0.293. The molecule has 4 nitrogen and oxygen atoms in total. The van der Waals surface area contributed by atoms with Crippen LogP contribution in [0.4, 0.5) is 0 Å². The topological polar surface area (TPSA) is 55.8 Å². The molecule has 2 unspecified atom stereocenters. The smallest absolute Gasteiger partial charge is 0.331 e. The van der Waals surface area contributed by atoms with Crippen LogP contribution in [-0.4, -0.2) is 29.6 Å². The lowest BCUT2D eigenvalue weighted by atomic mass is 9.92. The van der Waals surface area contributed by atoms with Gasteiger partial charge in [-0.1, -0.05) is 6.08 Å². The van der Waals surface area contributed by atoms with E-state index in [1.54, 1.807) is 6.08 Å². The maximum absolute atomic E-state index is 10.9. The largest absolute Gasteiger partial charge is 0.478 e. The summed E-state index contributed by atoms with van der Waals surface area (Å²) in [7, 11) is 0. The van der Waals surface area contributed by atoms with Gasteiger partial charge in [0.25, 0.3) is 0 Å². The molecular formula is C11H16O4. The predicted octanol–water partition coefficient (Wildman–Crippen LogP) is 1.70. The van der Waals surface area contributed by atoms with Gasteiger partial charge in [-0.2, -0.15) is 0 Å². The van der Waals surface area contributed by atoms with Gasteiger partial charge in [0, 0.05) is 18.4 Å². The van der Waals surface area contributed by atoms with Crippen molar-refractivity contribution in [3.63, 3.8) is 0 Å². The van der Waals surface area contributed by atoms with Crippen LogP contribution in [0.5, 0.6) is 0 Å². The Morgan fingerprint density at radius 1 is 1.67 bits per heavy atom. The van der Waals surface area contributed by atoms with Crippen molar-refractivity contribution < 1.29 is 19.4 Å². The summed E-state index contributed by atoms with van der Waals surface area (Å²) in [4.78, 5) is 10.9. The van der Waals surface area contributed by atoms with Crippen molar-refractivity contribution in [3.8, 4) is 0 Å². The fourth-order valence-corrected chi connectivity index (χ4v) is 2.17. The van der Waals surface area contributed by atoms with Gasteiger partial charge in [-0.15, -0.1) is 0 Å². The van der Waals surface area contributed by atoms with Crippen LogP contribution in [0.1, 0.15) is 32.6 Å². The number of rotatable bonds is 1. The molecule has 0 amide bonds. The highest BCUT2D eigenvalue weighted by molar-refractivity contribution is 5.86. The van der Waals surface area contributed by atoms with Crippen LogP contribution in [0.3, 0.4) is 0 Å². The molecule has 0 bridgehead atoms. The first-order valence-electron chi connectivity index (χ1n) is 5.35. The summed E-state index contributed by atoms with van der Waals surface area (Å²) >= 11 is 0. The van der Waals surface area contributed by atoms with Crippen LogP contribution in [-0.2, 0) is 14.3 Å². The van der Waals surface area contributed by atoms with Gasteiger partial charge in [-0.25, -0.2) is 4.79 Å². The Balaban J connectivity index is 2.10. The first-order valence-corrected chi connectivity index (χ1v) is 5.35. The van der Waals surface area contributed by atoms with Gasteiger partial charge in [-0.3, -0.25) is 0 Å². The molecule has 4 heteroatoms. The molecule has 0 radical (unpaired) electrons. The average molecular weight is 212 g/mol. The molecule has 1 heterocycles. The molecule has 1 fully saturated rings. The minimum Gasteiger partial charge on any atom is -0.478 e. The molecule has 2 atom stereocenters. The van der Waals surface area contributed by atoms with Gasteiger partial charge < -0.3 is 14.6 Å². The lowest BCUT2D eigenvalue weighted by Crippen LogP contribution is -2.45. The van der Waals surface area contributed by atoms with E-state index in [1.807, 2.05) is 6.92 Å². The Morgan fingerprint density at radius 3 is 3.13 bits per heavy atom. The number of carbonyl (C=O) groups is 1. The maximum atomic E-state index is 10.9. The van der Waals surface area contributed by atoms with E-state index in [0.29, 0.717) is 25.0 Å². The number of hydrogen-bond donors (Lipinski definition) is 1. The molecule has 1 N–H and O–H groups in total. The van der Waals surface area contributed by atoms with E-state index in [0.717, 1.165) is 12.8 Å². The zero-order chi connectivity index (χ0) is 10.9. The Labute approximate surface area is 88.9 Å². The summed E-state index contributed by atoms with van der Waals surface area (Å²) in [5.41, 5.74) is 0.412. The van der Waals surface area contributed by atoms with Crippen molar-refractivity contribution in [1.29, 1.82) is 0 Å². The third-order valence-corrected chi connectivity index (χ3v) is 2.96. The van der Waals surface area contributed by atoms with Crippen LogP contribution in [0.15, 0.2) is 11.6 Å². The van der Waals surface area contributed by atoms with Gasteiger partial charge in [0.2, 0.25) is 0 Å². The zero-order valence-electron chi connectivity index (χ0n) is 8.86. The second-order valence-electron chi connectivity index (χ2n) is 4.23. The predicted molar refractivity (Wildman–Crippen MR) is 53.4 cm³/mol. The molecule has 15 heavy (non-hydrogen) atoms. The van der Waals surface area contributed by atoms with Crippen molar-refractivity contribution >= 4 is 5.97 Å². The normalized spacial score (nSPS) is 36.3. The highest BCUT2D eigenvalue weighted by Gasteiger charge is 2.40. The Hall–Kier alpha value is -0.870. The number of aliphatic carboxylic acids is 1.